The highest BCUT2D eigenvalue weighted by Gasteiger charge is 2.14. The number of hydrogen-bond acceptors (Lipinski definition) is 10. The Bertz CT molecular complexity index is 2480. The third-order valence-electron chi connectivity index (χ3n) is 7.40. The van der Waals surface area contributed by atoms with E-state index in [1.54, 1.807) is 74.5 Å². The molecule has 6 aromatic rings. The van der Waals surface area contributed by atoms with E-state index in [9.17, 15) is 23.2 Å². The van der Waals surface area contributed by atoms with Crippen molar-refractivity contribution in [3.05, 3.63) is 154 Å². The van der Waals surface area contributed by atoms with E-state index in [1.807, 2.05) is 13.8 Å². The standard InChI is InChI=1S/C19H17Cl2FN4O2.C19H18ClFN4O3/c1-11(2)28-16-8-7-14(9-15(16)22)23-18-24-17(21)25-19(27)26(18)10-12-3-5-13(20)6-4-12;1-11(2)28-16-8-7-14(9-15(16)21)22-17-23-18(26)24-19(27)25(17)10-12-3-5-13(20)6-4-12/h3-9,11H,10H2,1-2H3,(H,23,24,25,27);3-9,11H,10H2,1-2H3,(H2,22,23,24,26,27). The van der Waals surface area contributed by atoms with Crippen LogP contribution in [0.15, 0.2) is 99.3 Å². The van der Waals surface area contributed by atoms with E-state index in [2.05, 4.69) is 30.6 Å². The second-order valence-electron chi connectivity index (χ2n) is 12.6. The zero-order valence-corrected chi connectivity index (χ0v) is 32.6. The van der Waals surface area contributed by atoms with Gasteiger partial charge in [-0.3, -0.25) is 14.1 Å². The molecule has 0 atom stereocenters. The minimum atomic E-state index is -0.805. The molecule has 2 aromatic heterocycles. The SMILES string of the molecule is CC(C)Oc1ccc(Nc2nc(=O)[nH]c(=O)n2Cc2ccc(Cl)cc2)cc1F.CC(C)Oc1ccc(Nc2nc(Cl)nc(=O)n2Cc2ccc(Cl)cc2)cc1F. The predicted octanol–water partition coefficient (Wildman–Crippen LogP) is 7.97. The molecule has 18 heteroatoms. The molecule has 0 unspecified atom stereocenters. The van der Waals surface area contributed by atoms with Crippen LogP contribution in [-0.4, -0.2) is 41.3 Å². The largest absolute Gasteiger partial charge is 0.488 e. The van der Waals surface area contributed by atoms with E-state index in [4.69, 9.17) is 44.3 Å². The molecule has 0 aliphatic rings. The lowest BCUT2D eigenvalue weighted by Crippen LogP contribution is -2.34. The first kappa shape index (κ1) is 41.4. The number of nitrogens with one attached hydrogen (secondary N) is 3. The quantitative estimate of drug-likeness (QED) is 0.111. The van der Waals surface area contributed by atoms with E-state index in [0.29, 0.717) is 21.4 Å². The summed E-state index contributed by atoms with van der Waals surface area (Å²) in [6, 6.07) is 22.5. The summed E-state index contributed by atoms with van der Waals surface area (Å²) in [5.74, 6) is -0.740. The third-order valence-corrected chi connectivity index (χ3v) is 8.08. The van der Waals surface area contributed by atoms with Gasteiger partial charge in [-0.2, -0.15) is 15.0 Å². The van der Waals surface area contributed by atoms with Gasteiger partial charge in [-0.1, -0.05) is 47.5 Å². The summed E-state index contributed by atoms with van der Waals surface area (Å²) < 4.78 is 41.8. The number of aromatic nitrogens is 6. The van der Waals surface area contributed by atoms with Crippen LogP contribution < -0.4 is 37.2 Å². The maximum absolute atomic E-state index is 14.3. The number of benzene rings is 4. The van der Waals surface area contributed by atoms with E-state index in [1.165, 1.54) is 33.4 Å². The molecule has 4 aromatic carbocycles. The minimum Gasteiger partial charge on any atom is -0.488 e. The molecule has 292 valence electrons. The van der Waals surface area contributed by atoms with Crippen molar-refractivity contribution in [3.63, 3.8) is 0 Å². The van der Waals surface area contributed by atoms with Gasteiger partial charge in [-0.05, 0) is 99.0 Å². The van der Waals surface area contributed by atoms with Crippen LogP contribution in [0, 0.1) is 11.6 Å². The van der Waals surface area contributed by atoms with Gasteiger partial charge in [0.05, 0.1) is 25.3 Å². The molecule has 0 amide bonds. The average Bonchev–Trinajstić information content (AvgIpc) is 3.12. The van der Waals surface area contributed by atoms with E-state index in [0.717, 1.165) is 11.1 Å². The molecule has 0 radical (unpaired) electrons. The van der Waals surface area contributed by atoms with Crippen molar-refractivity contribution in [1.29, 1.82) is 0 Å². The van der Waals surface area contributed by atoms with E-state index < -0.39 is 28.7 Å². The fourth-order valence-corrected chi connectivity index (χ4v) is 5.39. The van der Waals surface area contributed by atoms with Gasteiger partial charge in [0.2, 0.25) is 17.2 Å². The van der Waals surface area contributed by atoms with Crippen molar-refractivity contribution in [2.24, 2.45) is 0 Å². The third kappa shape index (κ3) is 11.6. The minimum absolute atomic E-state index is 0.0133. The summed E-state index contributed by atoms with van der Waals surface area (Å²) >= 11 is 17.6. The summed E-state index contributed by atoms with van der Waals surface area (Å²) in [6.45, 7) is 7.53. The van der Waals surface area contributed by atoms with Crippen molar-refractivity contribution < 1.29 is 18.3 Å². The first-order valence-electron chi connectivity index (χ1n) is 16.9. The van der Waals surface area contributed by atoms with Gasteiger partial charge in [-0.15, -0.1) is 0 Å². The van der Waals surface area contributed by atoms with E-state index in [-0.39, 0.29) is 54.0 Å². The average molecular weight is 828 g/mol. The molecule has 13 nitrogen and oxygen atoms in total. The van der Waals surface area contributed by atoms with Crippen LogP contribution in [0.3, 0.4) is 0 Å². The first-order valence-corrected chi connectivity index (χ1v) is 18.1. The number of anilines is 4. The van der Waals surface area contributed by atoms with Gasteiger partial charge in [-0.25, -0.2) is 23.2 Å². The Morgan fingerprint density at radius 3 is 1.54 bits per heavy atom. The molecule has 0 saturated heterocycles. The fraction of sp³-hybridized carbons (Fsp3) is 0.211. The highest BCUT2D eigenvalue weighted by Crippen LogP contribution is 2.26. The summed E-state index contributed by atoms with van der Waals surface area (Å²) in [7, 11) is 0. The number of ether oxygens (including phenoxy) is 2. The number of aromatic amines is 1. The van der Waals surface area contributed by atoms with Gasteiger partial charge < -0.3 is 20.1 Å². The fourth-order valence-electron chi connectivity index (χ4n) is 4.98. The van der Waals surface area contributed by atoms with Gasteiger partial charge in [0.25, 0.3) is 0 Å². The monoisotopic (exact) mass is 826 g/mol. The number of hydrogen-bond donors (Lipinski definition) is 3. The van der Waals surface area contributed by atoms with Gasteiger partial charge in [0.15, 0.2) is 23.1 Å². The summed E-state index contributed by atoms with van der Waals surface area (Å²) in [6.07, 6.45) is -0.328. The molecular weight excluding hydrogens is 793 g/mol. The molecule has 0 aliphatic carbocycles. The Hall–Kier alpha value is -5.77. The zero-order chi connectivity index (χ0) is 40.5. The van der Waals surface area contributed by atoms with Crippen molar-refractivity contribution in [2.75, 3.05) is 10.6 Å². The van der Waals surface area contributed by atoms with Crippen LogP contribution in [0.1, 0.15) is 38.8 Å². The number of rotatable bonds is 12. The van der Waals surface area contributed by atoms with Crippen molar-refractivity contribution in [1.82, 2.24) is 29.1 Å². The lowest BCUT2D eigenvalue weighted by Gasteiger charge is -2.15. The van der Waals surface area contributed by atoms with Gasteiger partial charge in [0.1, 0.15) is 0 Å². The summed E-state index contributed by atoms with van der Waals surface area (Å²) in [4.78, 5) is 49.9. The molecule has 3 N–H and O–H groups in total. The van der Waals surface area contributed by atoms with Crippen molar-refractivity contribution in [3.8, 4) is 11.5 Å². The van der Waals surface area contributed by atoms with Crippen LogP contribution in [0.4, 0.5) is 32.1 Å². The van der Waals surface area contributed by atoms with Crippen LogP contribution >= 0.6 is 34.8 Å². The van der Waals surface area contributed by atoms with E-state index >= 15 is 0 Å². The number of halogens is 5. The molecular formula is C38H35Cl3F2N8O5. The van der Waals surface area contributed by atoms with Crippen LogP contribution in [-0.2, 0) is 13.1 Å². The number of nitrogens with zero attached hydrogens (tertiary/aromatic N) is 5. The Balaban J connectivity index is 0.000000214. The molecule has 2 heterocycles. The second kappa shape index (κ2) is 18.7. The van der Waals surface area contributed by atoms with Gasteiger partial charge in [0, 0.05) is 33.6 Å². The second-order valence-corrected chi connectivity index (χ2v) is 13.8. The van der Waals surface area contributed by atoms with Crippen molar-refractivity contribution >= 4 is 58.1 Å². The molecule has 6 rings (SSSR count). The number of H-pyrrole nitrogens is 1. The van der Waals surface area contributed by atoms with Gasteiger partial charge >= 0.3 is 17.1 Å². The lowest BCUT2D eigenvalue weighted by atomic mass is 10.2. The lowest BCUT2D eigenvalue weighted by molar-refractivity contribution is 0.231. The van der Waals surface area contributed by atoms with Crippen molar-refractivity contribution in [2.45, 2.75) is 53.0 Å². The molecule has 56 heavy (non-hydrogen) atoms. The Morgan fingerprint density at radius 1 is 0.643 bits per heavy atom. The summed E-state index contributed by atoms with van der Waals surface area (Å²) in [5, 5.41) is 6.67. The highest BCUT2D eigenvalue weighted by molar-refractivity contribution is 6.30. The van der Waals surface area contributed by atoms with Crippen LogP contribution in [0.25, 0.3) is 0 Å². The smallest absolute Gasteiger partial charge is 0.353 e. The highest BCUT2D eigenvalue weighted by atomic mass is 35.5. The zero-order valence-electron chi connectivity index (χ0n) is 30.3. The molecule has 0 aliphatic heterocycles. The predicted molar refractivity (Wildman–Crippen MR) is 212 cm³/mol. The molecule has 0 spiro atoms. The Labute approximate surface area is 333 Å². The topological polar surface area (TPSA) is 158 Å². The molecule has 0 saturated carbocycles. The molecule has 0 bridgehead atoms. The first-order chi connectivity index (χ1) is 26.6. The van der Waals surface area contributed by atoms with Crippen LogP contribution in [0.2, 0.25) is 15.3 Å². The normalized spacial score (nSPS) is 10.9. The Kier molecular flexibility index (Phi) is 13.8. The summed E-state index contributed by atoms with van der Waals surface area (Å²) in [5.41, 5.74) is 0.252. The molecule has 0 fully saturated rings. The van der Waals surface area contributed by atoms with Crippen LogP contribution in [0.5, 0.6) is 11.5 Å². The maximum atomic E-state index is 14.3. The Morgan fingerprint density at radius 2 is 1.09 bits per heavy atom. The maximum Gasteiger partial charge on any atom is 0.353 e.